The van der Waals surface area contributed by atoms with Crippen molar-refractivity contribution in [2.45, 2.75) is 60.3 Å². The third-order valence-electron chi connectivity index (χ3n) is 9.47. The van der Waals surface area contributed by atoms with Crippen LogP contribution in [0.5, 0.6) is 0 Å². The summed E-state index contributed by atoms with van der Waals surface area (Å²) >= 11 is 12.0. The van der Waals surface area contributed by atoms with Crippen LogP contribution in [-0.2, 0) is 0 Å². The second kappa shape index (κ2) is 13.8. The Bertz CT molecular complexity index is 2840. The highest BCUT2D eigenvalue weighted by Crippen LogP contribution is 2.30. The van der Waals surface area contributed by atoms with Crippen LogP contribution in [0.2, 0.25) is 10.0 Å². The van der Waals surface area contributed by atoms with Gasteiger partial charge in [-0.15, -0.1) is 0 Å². The van der Waals surface area contributed by atoms with Crippen LogP contribution >= 0.6 is 23.2 Å². The molecule has 11 heteroatoms. The minimum Gasteiger partial charge on any atom is -0.361 e. The molecular formula is C42H38Cl2N6O3. The topological polar surface area (TPSA) is 108 Å². The SMILES string of the molecule is CC(=O)n1cc(C)c2c3nc(C(C)C)n(-c4ccc(Cl)cc4)c(=O)c3ccc21.Cc1c[nH]c2ccc3c(=O)n(-c4ccc(Cl)cc4)c(C(C)C)nc3c12. The summed E-state index contributed by atoms with van der Waals surface area (Å²) in [7, 11) is 0. The van der Waals surface area contributed by atoms with Gasteiger partial charge in [0.25, 0.3) is 11.1 Å². The van der Waals surface area contributed by atoms with Gasteiger partial charge in [0.15, 0.2) is 0 Å². The van der Waals surface area contributed by atoms with E-state index in [1.54, 1.807) is 50.2 Å². The Balaban J connectivity index is 0.000000165. The zero-order chi connectivity index (χ0) is 37.9. The molecule has 0 spiro atoms. The van der Waals surface area contributed by atoms with Gasteiger partial charge in [0.05, 0.1) is 38.7 Å². The number of fused-ring (bicyclic) bond motifs is 6. The Morgan fingerprint density at radius 3 is 1.60 bits per heavy atom. The molecule has 0 saturated heterocycles. The Labute approximate surface area is 315 Å². The number of halogens is 2. The van der Waals surface area contributed by atoms with Gasteiger partial charge in [-0.2, -0.15) is 0 Å². The summed E-state index contributed by atoms with van der Waals surface area (Å²) in [5.74, 6) is 1.46. The van der Waals surface area contributed by atoms with Gasteiger partial charge in [0.2, 0.25) is 5.91 Å². The second-order valence-corrected chi connectivity index (χ2v) is 14.8. The second-order valence-electron chi connectivity index (χ2n) is 13.9. The van der Waals surface area contributed by atoms with Gasteiger partial charge in [-0.1, -0.05) is 50.9 Å². The number of carbonyl (C=O) groups excluding carboxylic acids is 1. The molecule has 0 fully saturated rings. The fourth-order valence-electron chi connectivity index (χ4n) is 6.94. The van der Waals surface area contributed by atoms with E-state index in [1.807, 2.05) is 90.2 Å². The first-order valence-corrected chi connectivity index (χ1v) is 18.2. The highest BCUT2D eigenvalue weighted by molar-refractivity contribution is 6.30. The first-order valence-electron chi connectivity index (χ1n) is 17.4. The van der Waals surface area contributed by atoms with Crippen LogP contribution in [0.15, 0.2) is 94.8 Å². The van der Waals surface area contributed by atoms with Gasteiger partial charge in [-0.3, -0.25) is 28.1 Å². The fourth-order valence-corrected chi connectivity index (χ4v) is 7.19. The summed E-state index contributed by atoms with van der Waals surface area (Å²) in [4.78, 5) is 51.8. The molecule has 0 bridgehead atoms. The third kappa shape index (κ3) is 6.23. The molecule has 53 heavy (non-hydrogen) atoms. The van der Waals surface area contributed by atoms with Crippen molar-refractivity contribution < 1.29 is 4.79 Å². The maximum absolute atomic E-state index is 13.5. The van der Waals surface area contributed by atoms with Crippen molar-refractivity contribution in [1.82, 2.24) is 28.7 Å². The van der Waals surface area contributed by atoms with Crippen LogP contribution in [0.1, 0.15) is 74.0 Å². The molecule has 0 aliphatic carbocycles. The van der Waals surface area contributed by atoms with Gasteiger partial charge >= 0.3 is 0 Å². The maximum Gasteiger partial charge on any atom is 0.266 e. The summed E-state index contributed by atoms with van der Waals surface area (Å²) < 4.78 is 4.94. The lowest BCUT2D eigenvalue weighted by Gasteiger charge is -2.16. The van der Waals surface area contributed by atoms with Crippen molar-refractivity contribution >= 4 is 72.7 Å². The van der Waals surface area contributed by atoms with E-state index in [0.717, 1.165) is 55.6 Å². The summed E-state index contributed by atoms with van der Waals surface area (Å²) in [6.45, 7) is 13.6. The largest absolute Gasteiger partial charge is 0.361 e. The number of aromatic nitrogens is 6. The van der Waals surface area contributed by atoms with Crippen molar-refractivity contribution in [2.75, 3.05) is 0 Å². The van der Waals surface area contributed by atoms with Crippen molar-refractivity contribution in [3.05, 3.63) is 139 Å². The molecule has 8 aromatic rings. The molecular weight excluding hydrogens is 707 g/mol. The summed E-state index contributed by atoms with van der Waals surface area (Å²) in [5.41, 5.74) is 6.48. The Morgan fingerprint density at radius 2 is 1.13 bits per heavy atom. The molecule has 268 valence electrons. The number of nitrogens with zero attached hydrogens (tertiary/aromatic N) is 5. The monoisotopic (exact) mass is 744 g/mol. The molecule has 4 aromatic heterocycles. The van der Waals surface area contributed by atoms with Crippen LogP contribution in [0.25, 0.3) is 55.0 Å². The quantitative estimate of drug-likeness (QED) is 0.193. The molecule has 0 atom stereocenters. The van der Waals surface area contributed by atoms with E-state index in [1.165, 1.54) is 6.92 Å². The number of rotatable bonds is 4. The lowest BCUT2D eigenvalue weighted by molar-refractivity contribution is 0.0941. The smallest absolute Gasteiger partial charge is 0.266 e. The fraction of sp³-hybridized carbons (Fsp3) is 0.214. The van der Waals surface area contributed by atoms with Gasteiger partial charge in [-0.25, -0.2) is 9.97 Å². The third-order valence-corrected chi connectivity index (χ3v) is 9.97. The number of carbonyl (C=O) groups is 1. The molecule has 0 saturated carbocycles. The summed E-state index contributed by atoms with van der Waals surface area (Å²) in [6, 6.07) is 21.8. The van der Waals surface area contributed by atoms with Crippen molar-refractivity contribution in [3.63, 3.8) is 0 Å². The number of aryl methyl sites for hydroxylation is 2. The zero-order valence-corrected chi connectivity index (χ0v) is 32.0. The van der Waals surface area contributed by atoms with Crippen molar-refractivity contribution in [3.8, 4) is 11.4 Å². The van der Waals surface area contributed by atoms with E-state index in [0.29, 0.717) is 32.2 Å². The normalized spacial score (nSPS) is 11.7. The summed E-state index contributed by atoms with van der Waals surface area (Å²) in [6.07, 6.45) is 3.75. The highest BCUT2D eigenvalue weighted by atomic mass is 35.5. The van der Waals surface area contributed by atoms with E-state index in [4.69, 9.17) is 33.2 Å². The zero-order valence-electron chi connectivity index (χ0n) is 30.5. The minimum absolute atomic E-state index is 0.0261. The molecule has 0 aliphatic heterocycles. The molecule has 9 nitrogen and oxygen atoms in total. The number of aromatic amines is 1. The van der Waals surface area contributed by atoms with Gasteiger partial charge in [-0.05, 0) is 97.8 Å². The minimum atomic E-state index is -0.132. The van der Waals surface area contributed by atoms with Crippen molar-refractivity contribution in [1.29, 1.82) is 0 Å². The number of benzene rings is 4. The van der Waals surface area contributed by atoms with Crippen molar-refractivity contribution in [2.24, 2.45) is 0 Å². The van der Waals surface area contributed by atoms with Crippen LogP contribution in [0.3, 0.4) is 0 Å². The van der Waals surface area contributed by atoms with E-state index in [9.17, 15) is 14.4 Å². The van der Waals surface area contributed by atoms with Crippen LogP contribution < -0.4 is 11.1 Å². The molecule has 0 unspecified atom stereocenters. The van der Waals surface area contributed by atoms with Crippen LogP contribution in [0.4, 0.5) is 0 Å². The standard InChI is InChI=1S/C22H20ClN3O2.C20H18ClN3O/c1-12(2)21-24-20-17(22(28)26(21)16-7-5-15(23)6-8-16)9-10-18-19(20)13(3)11-25(18)14(4)27;1-11(2)19-23-18-15(8-9-16-17(18)12(3)10-22-16)20(25)24(19)14-6-4-13(21)5-7-14/h5-12H,1-4H3;4-11,22H,1-3H3. The average Bonchev–Trinajstić information content (AvgIpc) is 3.69. The lowest BCUT2D eigenvalue weighted by atomic mass is 10.1. The first-order chi connectivity index (χ1) is 25.3. The number of H-pyrrole nitrogens is 1. The van der Waals surface area contributed by atoms with E-state index in [2.05, 4.69) is 4.98 Å². The van der Waals surface area contributed by atoms with E-state index in [-0.39, 0.29) is 28.9 Å². The van der Waals surface area contributed by atoms with E-state index < -0.39 is 0 Å². The predicted molar refractivity (Wildman–Crippen MR) is 216 cm³/mol. The summed E-state index contributed by atoms with van der Waals surface area (Å²) in [5, 5.41) is 4.25. The Morgan fingerprint density at radius 1 is 0.660 bits per heavy atom. The number of hydrogen-bond acceptors (Lipinski definition) is 5. The van der Waals surface area contributed by atoms with Gasteiger partial charge < -0.3 is 4.98 Å². The Hall–Kier alpha value is -5.51. The molecule has 4 aromatic carbocycles. The predicted octanol–water partition coefficient (Wildman–Crippen LogP) is 10.0. The maximum atomic E-state index is 13.5. The number of nitrogens with one attached hydrogen (secondary N) is 1. The van der Waals surface area contributed by atoms with E-state index >= 15 is 0 Å². The molecule has 0 aliphatic rings. The Kier molecular flexibility index (Phi) is 9.34. The molecule has 0 radical (unpaired) electrons. The number of hydrogen-bond donors (Lipinski definition) is 1. The van der Waals surface area contributed by atoms with Crippen LogP contribution in [-0.4, -0.2) is 34.6 Å². The van der Waals surface area contributed by atoms with Gasteiger partial charge in [0, 0.05) is 57.5 Å². The molecule has 0 amide bonds. The highest BCUT2D eigenvalue weighted by Gasteiger charge is 2.21. The average molecular weight is 746 g/mol. The molecule has 4 heterocycles. The first kappa shape index (κ1) is 35.9. The van der Waals surface area contributed by atoms with Crippen LogP contribution in [0, 0.1) is 13.8 Å². The molecule has 8 rings (SSSR count). The lowest BCUT2D eigenvalue weighted by Crippen LogP contribution is -2.24. The van der Waals surface area contributed by atoms with Gasteiger partial charge in [0.1, 0.15) is 11.6 Å². The molecule has 1 N–H and O–H groups in total.